The Morgan fingerprint density at radius 2 is 2.27 bits per heavy atom. The van der Waals surface area contributed by atoms with Crippen LogP contribution in [-0.2, 0) is 4.79 Å². The van der Waals surface area contributed by atoms with Crippen LogP contribution < -0.4 is 10.6 Å². The van der Waals surface area contributed by atoms with Crippen LogP contribution >= 0.6 is 36.2 Å². The third kappa shape index (κ3) is 3.58. The van der Waals surface area contributed by atoms with Crippen molar-refractivity contribution in [3.05, 3.63) is 16.1 Å². The number of rotatable bonds is 3. The second-order valence-corrected chi connectivity index (χ2v) is 7.28. The molecule has 1 aromatic rings. The molecule has 0 bridgehead atoms. The summed E-state index contributed by atoms with van der Waals surface area (Å²) in [6.07, 6.45) is 4.65. The zero-order chi connectivity index (χ0) is 14.2. The number of carbonyl (C=O) groups excluding carboxylic acids is 1. The van der Waals surface area contributed by atoms with Crippen molar-refractivity contribution in [3.63, 3.8) is 0 Å². The summed E-state index contributed by atoms with van der Waals surface area (Å²) < 4.78 is 0. The number of aromatic nitrogens is 1. The Labute approximate surface area is 148 Å². The van der Waals surface area contributed by atoms with Crippen LogP contribution in [0.3, 0.4) is 0 Å². The Morgan fingerprint density at radius 1 is 1.50 bits per heavy atom. The summed E-state index contributed by atoms with van der Waals surface area (Å²) in [6.45, 7) is 5.87. The monoisotopic (exact) mass is 365 g/mol. The summed E-state index contributed by atoms with van der Waals surface area (Å²) in [5, 5.41) is 9.73. The molecule has 2 fully saturated rings. The molecule has 0 aromatic carbocycles. The van der Waals surface area contributed by atoms with Crippen molar-refractivity contribution in [2.45, 2.75) is 45.6 Å². The van der Waals surface area contributed by atoms with Crippen LogP contribution in [-0.4, -0.2) is 24.0 Å². The first-order valence-corrected chi connectivity index (χ1v) is 8.43. The Morgan fingerprint density at radius 3 is 2.95 bits per heavy atom. The molecule has 1 aliphatic carbocycles. The zero-order valence-corrected chi connectivity index (χ0v) is 15.5. The van der Waals surface area contributed by atoms with Gasteiger partial charge in [0.2, 0.25) is 5.91 Å². The minimum Gasteiger partial charge on any atom is -0.347 e. The zero-order valence-electron chi connectivity index (χ0n) is 13.1. The van der Waals surface area contributed by atoms with Gasteiger partial charge in [-0.2, -0.15) is 0 Å². The van der Waals surface area contributed by atoms with Crippen molar-refractivity contribution in [1.29, 1.82) is 0 Å². The fraction of sp³-hybridized carbons (Fsp3) is 0.733. The Hall–Kier alpha value is -0.360. The van der Waals surface area contributed by atoms with E-state index in [1.165, 1.54) is 19.3 Å². The maximum Gasteiger partial charge on any atom is 0.228 e. The van der Waals surface area contributed by atoms with Gasteiger partial charge in [-0.05, 0) is 39.2 Å². The number of nitrogens with zero attached hydrogens (tertiary/aromatic N) is 1. The van der Waals surface area contributed by atoms with E-state index in [2.05, 4.69) is 15.6 Å². The quantitative estimate of drug-likeness (QED) is 0.864. The number of halogens is 2. The van der Waals surface area contributed by atoms with Gasteiger partial charge >= 0.3 is 0 Å². The summed E-state index contributed by atoms with van der Waals surface area (Å²) in [5.74, 6) is 0.742. The van der Waals surface area contributed by atoms with Crippen molar-refractivity contribution < 1.29 is 4.79 Å². The molecule has 2 aliphatic rings. The summed E-state index contributed by atoms with van der Waals surface area (Å²) in [6, 6.07) is 0.00463. The second kappa shape index (κ2) is 7.95. The highest BCUT2D eigenvalue weighted by molar-refractivity contribution is 7.09. The molecule has 4 nitrogen and oxygen atoms in total. The van der Waals surface area contributed by atoms with E-state index in [0.29, 0.717) is 5.92 Å². The van der Waals surface area contributed by atoms with Gasteiger partial charge < -0.3 is 10.6 Å². The molecule has 0 radical (unpaired) electrons. The molecule has 126 valence electrons. The van der Waals surface area contributed by atoms with Crippen LogP contribution in [0.25, 0.3) is 0 Å². The molecule has 0 spiro atoms. The molecule has 1 unspecified atom stereocenters. The molecule has 1 saturated heterocycles. The average molecular weight is 366 g/mol. The Balaban J connectivity index is 0.00000121. The van der Waals surface area contributed by atoms with Crippen LogP contribution in [0.4, 0.5) is 0 Å². The van der Waals surface area contributed by atoms with Gasteiger partial charge in [0.1, 0.15) is 0 Å². The minimum atomic E-state index is -0.169. The fourth-order valence-corrected chi connectivity index (χ4v) is 4.39. The molecule has 3 rings (SSSR count). The van der Waals surface area contributed by atoms with Crippen LogP contribution in [0.15, 0.2) is 5.38 Å². The molecule has 1 saturated carbocycles. The third-order valence-electron chi connectivity index (χ3n) is 4.92. The van der Waals surface area contributed by atoms with Crippen LogP contribution in [0, 0.1) is 18.3 Å². The standard InChI is InChI=1S/C15H23N3OS.2ClH/c1-10(13-8-20-11(2)18-13)17-14(19)15-6-4-3-5-12(15)7-16-9-15;;/h8,10,12,16H,3-7,9H2,1-2H3,(H,17,19);2*1H/t10?,12-,15+;;/m0../s1. The lowest BCUT2D eigenvalue weighted by molar-refractivity contribution is -0.134. The highest BCUT2D eigenvalue weighted by Crippen LogP contribution is 2.44. The lowest BCUT2D eigenvalue weighted by atomic mass is 9.67. The van der Waals surface area contributed by atoms with Gasteiger partial charge in [0.15, 0.2) is 0 Å². The molecular formula is C15H25Cl2N3OS. The summed E-state index contributed by atoms with van der Waals surface area (Å²) in [5.41, 5.74) is 0.813. The van der Waals surface area contributed by atoms with Gasteiger partial charge in [0.25, 0.3) is 0 Å². The van der Waals surface area contributed by atoms with Crippen LogP contribution in [0.5, 0.6) is 0 Å². The molecule has 1 amide bonds. The first kappa shape index (κ1) is 19.7. The molecule has 3 atom stereocenters. The van der Waals surface area contributed by atoms with E-state index < -0.39 is 0 Å². The number of amides is 1. The van der Waals surface area contributed by atoms with Gasteiger partial charge in [-0.1, -0.05) is 12.8 Å². The topological polar surface area (TPSA) is 54.0 Å². The molecule has 1 aliphatic heterocycles. The lowest BCUT2D eigenvalue weighted by Gasteiger charge is -2.37. The number of hydrogen-bond donors (Lipinski definition) is 2. The predicted octanol–water partition coefficient (Wildman–Crippen LogP) is 3.25. The predicted molar refractivity (Wildman–Crippen MR) is 95.2 cm³/mol. The maximum absolute atomic E-state index is 12.8. The summed E-state index contributed by atoms with van der Waals surface area (Å²) >= 11 is 1.64. The molecule has 1 aromatic heterocycles. The van der Waals surface area contributed by atoms with E-state index in [9.17, 15) is 4.79 Å². The number of fused-ring (bicyclic) bond motifs is 1. The van der Waals surface area contributed by atoms with Crippen molar-refractivity contribution in [2.24, 2.45) is 11.3 Å². The van der Waals surface area contributed by atoms with E-state index in [-0.39, 0.29) is 42.2 Å². The Kier molecular flexibility index (Phi) is 7.12. The van der Waals surface area contributed by atoms with E-state index >= 15 is 0 Å². The fourth-order valence-electron chi connectivity index (χ4n) is 3.68. The molecule has 7 heteroatoms. The maximum atomic E-state index is 12.8. The van der Waals surface area contributed by atoms with Gasteiger partial charge in [0.05, 0.1) is 22.2 Å². The highest BCUT2D eigenvalue weighted by atomic mass is 35.5. The normalized spacial score (nSPS) is 28.0. The van der Waals surface area contributed by atoms with Crippen molar-refractivity contribution in [2.75, 3.05) is 13.1 Å². The number of thiazole rings is 1. The van der Waals surface area contributed by atoms with Gasteiger partial charge in [-0.3, -0.25) is 4.79 Å². The second-order valence-electron chi connectivity index (χ2n) is 6.22. The molecule has 2 N–H and O–H groups in total. The van der Waals surface area contributed by atoms with E-state index in [0.717, 1.165) is 30.2 Å². The number of nitrogens with one attached hydrogen (secondary N) is 2. The average Bonchev–Trinajstić information content (AvgIpc) is 3.05. The first-order chi connectivity index (χ1) is 9.62. The number of hydrogen-bond acceptors (Lipinski definition) is 4. The minimum absolute atomic E-state index is 0. The first-order valence-electron chi connectivity index (χ1n) is 7.55. The Bertz CT molecular complexity index is 511. The third-order valence-corrected chi connectivity index (χ3v) is 5.71. The van der Waals surface area contributed by atoms with E-state index in [1.807, 2.05) is 19.2 Å². The highest BCUT2D eigenvalue weighted by Gasteiger charge is 2.50. The summed E-state index contributed by atoms with van der Waals surface area (Å²) in [7, 11) is 0. The molecular weight excluding hydrogens is 341 g/mol. The van der Waals surface area contributed by atoms with Crippen molar-refractivity contribution >= 4 is 42.1 Å². The largest absolute Gasteiger partial charge is 0.347 e. The molecule has 2 heterocycles. The van der Waals surface area contributed by atoms with Crippen molar-refractivity contribution in [1.82, 2.24) is 15.6 Å². The van der Waals surface area contributed by atoms with Gasteiger partial charge in [-0.15, -0.1) is 36.2 Å². The summed E-state index contributed by atoms with van der Waals surface area (Å²) in [4.78, 5) is 17.3. The number of carbonyl (C=O) groups is 1. The van der Waals surface area contributed by atoms with Gasteiger partial charge in [0, 0.05) is 11.9 Å². The SMILES string of the molecule is Cc1nc(C(C)NC(=O)[C@@]23CCCC[C@H]2CNC3)cs1.Cl.Cl. The van der Waals surface area contributed by atoms with Crippen molar-refractivity contribution in [3.8, 4) is 0 Å². The van der Waals surface area contributed by atoms with Crippen LogP contribution in [0.2, 0.25) is 0 Å². The lowest BCUT2D eigenvalue weighted by Crippen LogP contribution is -2.48. The van der Waals surface area contributed by atoms with E-state index in [4.69, 9.17) is 0 Å². The van der Waals surface area contributed by atoms with Gasteiger partial charge in [-0.25, -0.2) is 4.98 Å². The van der Waals surface area contributed by atoms with E-state index in [1.54, 1.807) is 11.3 Å². The number of aryl methyl sites for hydroxylation is 1. The smallest absolute Gasteiger partial charge is 0.228 e. The molecule has 22 heavy (non-hydrogen) atoms. The van der Waals surface area contributed by atoms with Crippen LogP contribution in [0.1, 0.15) is 49.4 Å².